The second kappa shape index (κ2) is 8.62. The molecule has 0 spiro atoms. The van der Waals surface area contributed by atoms with E-state index < -0.39 is 11.7 Å². The van der Waals surface area contributed by atoms with Crippen LogP contribution in [-0.4, -0.2) is 70.9 Å². The summed E-state index contributed by atoms with van der Waals surface area (Å²) in [5.74, 6) is -1.04. The van der Waals surface area contributed by atoms with E-state index in [1.807, 2.05) is 32.2 Å². The highest BCUT2D eigenvalue weighted by Crippen LogP contribution is 2.27. The maximum absolute atomic E-state index is 14.4. The average Bonchev–Trinajstić information content (AvgIpc) is 3.61. The number of hydrogen-bond donors (Lipinski definition) is 1. The van der Waals surface area contributed by atoms with E-state index in [-0.39, 0.29) is 35.8 Å². The van der Waals surface area contributed by atoms with Crippen LogP contribution in [0.25, 0.3) is 0 Å². The van der Waals surface area contributed by atoms with Crippen molar-refractivity contribution in [1.82, 2.24) is 15.2 Å². The first-order valence-corrected chi connectivity index (χ1v) is 11.4. The largest absolute Gasteiger partial charge is 0.486 e. The third-order valence-electron chi connectivity index (χ3n) is 6.43. The zero-order valence-electron chi connectivity index (χ0n) is 18.6. The molecule has 33 heavy (non-hydrogen) atoms. The zero-order valence-corrected chi connectivity index (χ0v) is 18.6. The van der Waals surface area contributed by atoms with Gasteiger partial charge in [0.15, 0.2) is 11.5 Å². The number of carbonyl (C=O) groups excluding carboxylic acids is 2. The van der Waals surface area contributed by atoms with Gasteiger partial charge in [-0.05, 0) is 43.9 Å². The molecule has 172 valence electrons. The fraction of sp³-hybridized carbons (Fsp3) is 0.458. The van der Waals surface area contributed by atoms with Crippen molar-refractivity contribution in [2.24, 2.45) is 9.98 Å². The van der Waals surface area contributed by atoms with Gasteiger partial charge in [-0.15, -0.1) is 0 Å². The van der Waals surface area contributed by atoms with E-state index in [2.05, 4.69) is 25.2 Å². The number of hydrogen-bond acceptors (Lipinski definition) is 6. The number of fused-ring (bicyclic) bond motifs is 1. The number of dihydropyridines is 2. The second-order valence-corrected chi connectivity index (χ2v) is 8.91. The van der Waals surface area contributed by atoms with Crippen molar-refractivity contribution in [1.29, 1.82) is 0 Å². The van der Waals surface area contributed by atoms with Gasteiger partial charge in [0.2, 0.25) is 0 Å². The summed E-state index contributed by atoms with van der Waals surface area (Å²) in [6.45, 7) is 5.29. The number of ether oxygens (including phenoxy) is 1. The van der Waals surface area contributed by atoms with E-state index >= 15 is 0 Å². The lowest BCUT2D eigenvalue weighted by molar-refractivity contribution is -0.114. The summed E-state index contributed by atoms with van der Waals surface area (Å²) in [5, 5.41) is 2.73. The molecule has 5 rings (SSSR count). The van der Waals surface area contributed by atoms with Gasteiger partial charge in [-0.1, -0.05) is 6.92 Å². The van der Waals surface area contributed by atoms with Gasteiger partial charge in [0.25, 0.3) is 11.8 Å². The molecule has 1 saturated carbocycles. The Morgan fingerprint density at radius 3 is 2.88 bits per heavy atom. The normalized spacial score (nSPS) is 26.6. The van der Waals surface area contributed by atoms with Gasteiger partial charge in [-0.25, -0.2) is 14.4 Å². The van der Waals surface area contributed by atoms with Crippen molar-refractivity contribution < 1.29 is 18.7 Å². The number of aromatic nitrogens is 1. The topological polar surface area (TPSA) is 96.2 Å². The number of rotatable bonds is 7. The van der Waals surface area contributed by atoms with Crippen LogP contribution in [-0.2, 0) is 4.79 Å². The van der Waals surface area contributed by atoms with Crippen molar-refractivity contribution in [3.63, 3.8) is 0 Å². The maximum atomic E-state index is 14.4. The third-order valence-corrected chi connectivity index (χ3v) is 6.43. The molecule has 1 aromatic rings. The highest BCUT2D eigenvalue weighted by atomic mass is 19.1. The van der Waals surface area contributed by atoms with Crippen LogP contribution in [0.15, 0.2) is 45.5 Å². The van der Waals surface area contributed by atoms with Gasteiger partial charge in [0, 0.05) is 43.0 Å². The minimum absolute atomic E-state index is 0.0967. The third kappa shape index (κ3) is 4.50. The Kier molecular flexibility index (Phi) is 5.65. The molecule has 2 amide bonds. The van der Waals surface area contributed by atoms with Crippen LogP contribution >= 0.6 is 0 Å². The molecule has 2 fully saturated rings. The van der Waals surface area contributed by atoms with Gasteiger partial charge in [0.05, 0.1) is 11.9 Å². The Balaban J connectivity index is 1.16. The number of halogens is 1. The molecule has 4 heterocycles. The van der Waals surface area contributed by atoms with Crippen molar-refractivity contribution >= 4 is 23.7 Å². The second-order valence-electron chi connectivity index (χ2n) is 8.91. The fourth-order valence-corrected chi connectivity index (χ4v) is 4.13. The summed E-state index contributed by atoms with van der Waals surface area (Å²) in [4.78, 5) is 39.0. The Hall–Kier alpha value is -3.20. The molecular weight excluding hydrogens is 425 g/mol. The Labute approximate surface area is 191 Å². The minimum atomic E-state index is -0.685. The predicted octanol–water partition coefficient (Wildman–Crippen LogP) is 2.26. The molecular formula is C24H26FN5O3. The van der Waals surface area contributed by atoms with E-state index in [1.54, 1.807) is 0 Å². The quantitative estimate of drug-likeness (QED) is 0.686. The molecule has 9 heteroatoms. The molecule has 8 nitrogen and oxygen atoms in total. The SMILES string of the molecule is CCC1=CC2N=CC(CN3C[C@H](Oc4cnc(C(=O)NC5CC5)c(F)c4)[C@H]3C)=CC2=NC1=O. The summed E-state index contributed by atoms with van der Waals surface area (Å²) in [7, 11) is 0. The maximum Gasteiger partial charge on any atom is 0.273 e. The van der Waals surface area contributed by atoms with E-state index in [1.165, 1.54) is 12.3 Å². The lowest BCUT2D eigenvalue weighted by atomic mass is 9.96. The standard InChI is InChI=1S/C24H26FN5O3/c1-3-15-7-19-20(29-23(15)31)6-14(9-26-19)11-30-12-21(13(30)2)33-17-8-18(25)22(27-10-17)24(32)28-16-4-5-16/h6-10,13,16,19,21H,3-5,11-12H2,1-2H3,(H,28,32)/t13-,19?,21+/m1/s1. The van der Waals surface area contributed by atoms with Gasteiger partial charge in [0.1, 0.15) is 17.9 Å². The van der Waals surface area contributed by atoms with E-state index in [9.17, 15) is 14.0 Å². The smallest absolute Gasteiger partial charge is 0.273 e. The van der Waals surface area contributed by atoms with Crippen LogP contribution in [0, 0.1) is 5.82 Å². The molecule has 0 bridgehead atoms. The summed E-state index contributed by atoms with van der Waals surface area (Å²) < 4.78 is 20.3. The summed E-state index contributed by atoms with van der Waals surface area (Å²) in [6, 6.07) is 1.28. The number of nitrogens with one attached hydrogen (secondary N) is 1. The number of nitrogens with zero attached hydrogens (tertiary/aromatic N) is 4. The molecule has 0 aromatic carbocycles. The van der Waals surface area contributed by atoms with Crippen molar-refractivity contribution in [2.45, 2.75) is 57.3 Å². The first-order chi connectivity index (χ1) is 15.9. The molecule has 3 aliphatic heterocycles. The van der Waals surface area contributed by atoms with Crippen LogP contribution in [0.3, 0.4) is 0 Å². The van der Waals surface area contributed by atoms with E-state index in [0.29, 0.717) is 36.5 Å². The Bertz CT molecular complexity index is 1120. The first kappa shape index (κ1) is 21.6. The van der Waals surface area contributed by atoms with Crippen LogP contribution in [0.2, 0.25) is 0 Å². The number of carbonyl (C=O) groups is 2. The molecule has 1 aliphatic carbocycles. The van der Waals surface area contributed by atoms with Gasteiger partial charge >= 0.3 is 0 Å². The Morgan fingerprint density at radius 1 is 1.36 bits per heavy atom. The first-order valence-electron chi connectivity index (χ1n) is 11.4. The summed E-state index contributed by atoms with van der Waals surface area (Å²) in [5.41, 5.74) is 2.17. The van der Waals surface area contributed by atoms with Crippen LogP contribution in [0.1, 0.15) is 43.6 Å². The highest BCUT2D eigenvalue weighted by Gasteiger charge is 2.38. The predicted molar refractivity (Wildman–Crippen MR) is 121 cm³/mol. The molecule has 1 saturated heterocycles. The fourth-order valence-electron chi connectivity index (χ4n) is 4.13. The van der Waals surface area contributed by atoms with Gasteiger partial charge < -0.3 is 10.1 Å². The molecule has 1 aromatic heterocycles. The van der Waals surface area contributed by atoms with Crippen LogP contribution in [0.4, 0.5) is 4.39 Å². The van der Waals surface area contributed by atoms with Crippen molar-refractivity contribution in [3.8, 4) is 5.75 Å². The number of pyridine rings is 1. The van der Waals surface area contributed by atoms with Crippen LogP contribution < -0.4 is 10.1 Å². The van der Waals surface area contributed by atoms with Crippen molar-refractivity contribution in [2.75, 3.05) is 13.1 Å². The summed E-state index contributed by atoms with van der Waals surface area (Å²) >= 11 is 0. The lowest BCUT2D eigenvalue weighted by Gasteiger charge is -2.46. The van der Waals surface area contributed by atoms with Gasteiger partial charge in [-0.3, -0.25) is 19.5 Å². The number of aliphatic imine (C=N–C) groups is 2. The number of amides is 2. The number of likely N-dealkylation sites (tertiary alicyclic amines) is 1. The monoisotopic (exact) mass is 451 g/mol. The molecule has 1 unspecified atom stereocenters. The molecule has 1 N–H and O–H groups in total. The van der Waals surface area contributed by atoms with E-state index in [0.717, 1.165) is 18.4 Å². The zero-order chi connectivity index (χ0) is 23.1. The highest BCUT2D eigenvalue weighted by molar-refractivity contribution is 6.16. The molecule has 3 atom stereocenters. The van der Waals surface area contributed by atoms with Crippen molar-refractivity contribution in [3.05, 3.63) is 47.1 Å². The van der Waals surface area contributed by atoms with E-state index in [4.69, 9.17) is 4.74 Å². The van der Waals surface area contributed by atoms with Crippen LogP contribution in [0.5, 0.6) is 5.75 Å². The molecule has 0 radical (unpaired) electrons. The average molecular weight is 452 g/mol. The van der Waals surface area contributed by atoms with Gasteiger partial charge in [-0.2, -0.15) is 0 Å². The minimum Gasteiger partial charge on any atom is -0.486 e. The Morgan fingerprint density at radius 2 is 2.18 bits per heavy atom. The summed E-state index contributed by atoms with van der Waals surface area (Å²) in [6.07, 6.45) is 9.45. The molecule has 4 aliphatic rings. The lowest BCUT2D eigenvalue weighted by Crippen LogP contribution is -2.61.